The third-order valence-corrected chi connectivity index (χ3v) is 6.16. The van der Waals surface area contributed by atoms with Gasteiger partial charge in [0.1, 0.15) is 11.6 Å². The van der Waals surface area contributed by atoms with Crippen molar-refractivity contribution < 1.29 is 27.9 Å². The van der Waals surface area contributed by atoms with Gasteiger partial charge in [-0.05, 0) is 72.9 Å². The fourth-order valence-corrected chi connectivity index (χ4v) is 4.56. The molecule has 0 aliphatic heterocycles. The minimum absolute atomic E-state index is 0.229. The maximum Gasteiger partial charge on any atom is 0.339 e. The maximum absolute atomic E-state index is 14.5. The molecule has 0 radical (unpaired) electrons. The lowest BCUT2D eigenvalue weighted by Gasteiger charge is -2.22. The summed E-state index contributed by atoms with van der Waals surface area (Å²) in [7, 11) is 0. The Hall–Kier alpha value is -4.59. The number of furan rings is 1. The summed E-state index contributed by atoms with van der Waals surface area (Å²) in [6.45, 7) is 0.670. The van der Waals surface area contributed by atoms with Crippen LogP contribution in [0, 0.1) is 5.82 Å². The van der Waals surface area contributed by atoms with Crippen LogP contribution >= 0.6 is 0 Å². The number of fused-ring (bicyclic) bond motifs is 2. The standard InChI is InChI=1S/C29H23FN2O5/c1-17(33)31-19-11-12-21(24(30)15-19)26(34)16-37-29(35)27-22-8-2-3-10-25(22)32-28-18(6-4-9-23(27)28)14-20-7-5-13-36-20/h2-3,5,7-8,10-15H,4,6,9,16H2,1H3,(H,31,33)/b18-14+. The van der Waals surface area contributed by atoms with Crippen LogP contribution in [0.4, 0.5) is 10.1 Å². The molecule has 7 nitrogen and oxygen atoms in total. The zero-order valence-electron chi connectivity index (χ0n) is 20.0. The lowest BCUT2D eigenvalue weighted by Crippen LogP contribution is -2.19. The van der Waals surface area contributed by atoms with Crippen molar-refractivity contribution in [3.05, 3.63) is 94.8 Å². The smallest absolute Gasteiger partial charge is 0.339 e. The highest BCUT2D eigenvalue weighted by Crippen LogP contribution is 2.36. The van der Waals surface area contributed by atoms with E-state index in [9.17, 15) is 18.8 Å². The van der Waals surface area contributed by atoms with Crippen molar-refractivity contribution in [3.8, 4) is 0 Å². The van der Waals surface area contributed by atoms with Crippen LogP contribution in [0.1, 0.15) is 57.5 Å². The van der Waals surface area contributed by atoms with Gasteiger partial charge < -0.3 is 14.5 Å². The van der Waals surface area contributed by atoms with Gasteiger partial charge in [0.2, 0.25) is 11.7 Å². The molecule has 5 rings (SSSR count). The number of halogens is 1. The molecule has 186 valence electrons. The van der Waals surface area contributed by atoms with Crippen LogP contribution in [0.25, 0.3) is 22.6 Å². The van der Waals surface area contributed by atoms with Gasteiger partial charge in [-0.3, -0.25) is 9.59 Å². The molecule has 2 heterocycles. The highest BCUT2D eigenvalue weighted by Gasteiger charge is 2.27. The van der Waals surface area contributed by atoms with E-state index in [1.54, 1.807) is 18.4 Å². The van der Waals surface area contributed by atoms with E-state index in [1.807, 2.05) is 30.3 Å². The number of carbonyl (C=O) groups excluding carboxylic acids is 3. The van der Waals surface area contributed by atoms with Crippen molar-refractivity contribution >= 4 is 45.9 Å². The zero-order chi connectivity index (χ0) is 25.9. The first kappa shape index (κ1) is 24.1. The largest absolute Gasteiger partial charge is 0.465 e. The number of benzene rings is 2. The number of hydrogen-bond donors (Lipinski definition) is 1. The van der Waals surface area contributed by atoms with Crippen molar-refractivity contribution in [1.82, 2.24) is 4.98 Å². The van der Waals surface area contributed by atoms with Crippen LogP contribution in [0.15, 0.2) is 65.3 Å². The van der Waals surface area contributed by atoms with Gasteiger partial charge in [-0.1, -0.05) is 18.2 Å². The fraction of sp³-hybridized carbons (Fsp3) is 0.172. The van der Waals surface area contributed by atoms with E-state index < -0.39 is 24.2 Å². The summed E-state index contributed by atoms with van der Waals surface area (Å²) in [5.41, 5.74) is 3.41. The average Bonchev–Trinajstić information content (AvgIpc) is 3.39. The number of allylic oxidation sites excluding steroid dienone is 1. The van der Waals surface area contributed by atoms with Gasteiger partial charge in [-0.25, -0.2) is 14.2 Å². The lowest BCUT2D eigenvalue weighted by atomic mass is 9.86. The van der Waals surface area contributed by atoms with Crippen molar-refractivity contribution in [2.75, 3.05) is 11.9 Å². The molecular formula is C29H23FN2O5. The summed E-state index contributed by atoms with van der Waals surface area (Å²) >= 11 is 0. The van der Waals surface area contributed by atoms with Crippen molar-refractivity contribution in [1.29, 1.82) is 0 Å². The zero-order valence-corrected chi connectivity index (χ0v) is 20.0. The second kappa shape index (κ2) is 10.2. The molecule has 8 heteroatoms. The number of esters is 1. The number of nitrogens with one attached hydrogen (secondary N) is 1. The molecule has 0 spiro atoms. The number of ketones is 1. The molecule has 0 saturated heterocycles. The molecule has 37 heavy (non-hydrogen) atoms. The van der Waals surface area contributed by atoms with Gasteiger partial charge in [-0.15, -0.1) is 0 Å². The van der Waals surface area contributed by atoms with Gasteiger partial charge in [0.25, 0.3) is 0 Å². The fourth-order valence-electron chi connectivity index (χ4n) is 4.56. The molecule has 0 atom stereocenters. The Kier molecular flexibility index (Phi) is 6.64. The van der Waals surface area contributed by atoms with Gasteiger partial charge in [0.15, 0.2) is 6.61 Å². The normalized spacial score (nSPS) is 13.8. The van der Waals surface area contributed by atoms with E-state index in [1.165, 1.54) is 19.1 Å². The molecule has 0 unspecified atom stereocenters. The van der Waals surface area contributed by atoms with Gasteiger partial charge >= 0.3 is 5.97 Å². The van der Waals surface area contributed by atoms with Gasteiger partial charge in [0.05, 0.1) is 28.6 Å². The van der Waals surface area contributed by atoms with E-state index in [0.717, 1.165) is 30.0 Å². The van der Waals surface area contributed by atoms with Gasteiger partial charge in [0, 0.05) is 18.0 Å². The molecule has 1 aliphatic carbocycles. The molecule has 0 fully saturated rings. The maximum atomic E-state index is 14.5. The number of carbonyl (C=O) groups is 3. The van der Waals surface area contributed by atoms with Crippen molar-refractivity contribution in [2.24, 2.45) is 0 Å². The summed E-state index contributed by atoms with van der Waals surface area (Å²) in [4.78, 5) is 42.1. The Morgan fingerprint density at radius 1 is 1.11 bits per heavy atom. The van der Waals surface area contributed by atoms with Crippen LogP contribution < -0.4 is 5.32 Å². The SMILES string of the molecule is CC(=O)Nc1ccc(C(=O)COC(=O)c2c3c(nc4ccccc24)/C(=C/c2ccco2)CCC3)c(F)c1. The highest BCUT2D eigenvalue weighted by molar-refractivity contribution is 6.08. The summed E-state index contributed by atoms with van der Waals surface area (Å²) < 4.78 is 25.4. The summed E-state index contributed by atoms with van der Waals surface area (Å²) in [6, 6.07) is 14.7. The van der Waals surface area contributed by atoms with Crippen LogP contribution in [-0.4, -0.2) is 29.3 Å². The predicted octanol–water partition coefficient (Wildman–Crippen LogP) is 5.84. The van der Waals surface area contributed by atoms with Crippen molar-refractivity contribution in [3.63, 3.8) is 0 Å². The number of para-hydroxylation sites is 1. The van der Waals surface area contributed by atoms with Crippen molar-refractivity contribution in [2.45, 2.75) is 26.2 Å². The Labute approximate surface area is 212 Å². The number of hydrogen-bond acceptors (Lipinski definition) is 6. The lowest BCUT2D eigenvalue weighted by molar-refractivity contribution is -0.114. The Balaban J connectivity index is 1.45. The van der Waals surface area contributed by atoms with Gasteiger partial charge in [-0.2, -0.15) is 0 Å². The van der Waals surface area contributed by atoms with Crippen LogP contribution in [0.5, 0.6) is 0 Å². The molecule has 1 amide bonds. The third kappa shape index (κ3) is 5.04. The Bertz CT molecular complexity index is 1560. The summed E-state index contributed by atoms with van der Waals surface area (Å²) in [5, 5.41) is 3.08. The molecule has 1 aliphatic rings. The third-order valence-electron chi connectivity index (χ3n) is 6.16. The van der Waals surface area contributed by atoms with Crippen LogP contribution in [0.3, 0.4) is 0 Å². The highest BCUT2D eigenvalue weighted by atomic mass is 19.1. The summed E-state index contributed by atoms with van der Waals surface area (Å²) in [6.07, 6.45) is 5.73. The minimum atomic E-state index is -0.813. The molecule has 2 aromatic carbocycles. The molecule has 0 bridgehead atoms. The minimum Gasteiger partial charge on any atom is -0.465 e. The number of anilines is 1. The topological polar surface area (TPSA) is 98.5 Å². The second-order valence-electron chi connectivity index (χ2n) is 8.74. The molecule has 4 aromatic rings. The molecule has 1 N–H and O–H groups in total. The molecule has 0 saturated carbocycles. The van der Waals surface area contributed by atoms with E-state index in [2.05, 4.69) is 5.32 Å². The second-order valence-corrected chi connectivity index (χ2v) is 8.74. The molecule has 2 aromatic heterocycles. The Morgan fingerprint density at radius 3 is 2.70 bits per heavy atom. The van der Waals surface area contributed by atoms with E-state index in [0.29, 0.717) is 34.3 Å². The number of ether oxygens (including phenoxy) is 1. The van der Waals surface area contributed by atoms with E-state index in [4.69, 9.17) is 14.1 Å². The van der Waals surface area contributed by atoms with Crippen LogP contribution in [-0.2, 0) is 16.0 Å². The predicted molar refractivity (Wildman–Crippen MR) is 137 cm³/mol. The first-order chi connectivity index (χ1) is 17.9. The van der Waals surface area contributed by atoms with E-state index in [-0.39, 0.29) is 17.2 Å². The number of pyridine rings is 1. The number of nitrogens with zero attached hydrogens (tertiary/aromatic N) is 1. The first-order valence-corrected chi connectivity index (χ1v) is 11.8. The van der Waals surface area contributed by atoms with Crippen LogP contribution in [0.2, 0.25) is 0 Å². The van der Waals surface area contributed by atoms with E-state index >= 15 is 0 Å². The average molecular weight is 499 g/mol. The number of aromatic nitrogens is 1. The first-order valence-electron chi connectivity index (χ1n) is 11.8. The quantitative estimate of drug-likeness (QED) is 0.265. The number of Topliss-reactive ketones (excluding diaryl/α,β-unsaturated/α-hetero) is 1. The summed E-state index contributed by atoms with van der Waals surface area (Å²) in [5.74, 6) is -1.84. The Morgan fingerprint density at radius 2 is 1.95 bits per heavy atom. The molecular weight excluding hydrogens is 475 g/mol. The monoisotopic (exact) mass is 498 g/mol. The number of amides is 1. The number of rotatable bonds is 6.